The number of carbonyl (C=O) groups is 3. The number of Topliss-reactive ketones (excluding diaryl/α,β-unsaturated/α-hetero) is 1. The van der Waals surface area contributed by atoms with Crippen molar-refractivity contribution in [3.63, 3.8) is 0 Å². The molecule has 0 saturated heterocycles. The van der Waals surface area contributed by atoms with Crippen LogP contribution in [0.25, 0.3) is 0 Å². The lowest BCUT2D eigenvalue weighted by atomic mass is 9.80. The van der Waals surface area contributed by atoms with Gasteiger partial charge in [-0.1, -0.05) is 6.08 Å². The summed E-state index contributed by atoms with van der Waals surface area (Å²) < 4.78 is 11.0. The molecule has 2 atom stereocenters. The van der Waals surface area contributed by atoms with Crippen LogP contribution in [0.4, 0.5) is 0 Å². The molecule has 0 aliphatic carbocycles. The van der Waals surface area contributed by atoms with Crippen molar-refractivity contribution in [3.8, 4) is 0 Å². The minimum atomic E-state index is -1.65. The van der Waals surface area contributed by atoms with Gasteiger partial charge in [0.1, 0.15) is 0 Å². The highest BCUT2D eigenvalue weighted by Crippen LogP contribution is 2.33. The van der Waals surface area contributed by atoms with Crippen LogP contribution in [0.2, 0.25) is 0 Å². The summed E-state index contributed by atoms with van der Waals surface area (Å²) in [4.78, 5) is 32.5. The molecule has 0 aromatic carbocycles. The minimum Gasteiger partial charge on any atom is -0.481 e. The Balaban J connectivity index is 2.95. The van der Waals surface area contributed by atoms with Gasteiger partial charge in [-0.25, -0.2) is 4.79 Å². The Morgan fingerprint density at radius 3 is 2.31 bits per heavy atom. The predicted molar refractivity (Wildman–Crippen MR) is 54.1 cm³/mol. The van der Waals surface area contributed by atoms with E-state index < -0.39 is 40.4 Å². The number of hydrogen-bond acceptors (Lipinski definition) is 4. The average Bonchev–Trinajstić information content (AvgIpc) is 2.21. The van der Waals surface area contributed by atoms with Crippen molar-refractivity contribution in [1.29, 1.82) is 0 Å². The van der Waals surface area contributed by atoms with Crippen molar-refractivity contribution >= 4 is 28.5 Å². The van der Waals surface area contributed by atoms with Gasteiger partial charge in [0.15, 0.2) is 0 Å². The van der Waals surface area contributed by atoms with Crippen molar-refractivity contribution in [3.05, 3.63) is 11.5 Å². The van der Waals surface area contributed by atoms with Crippen molar-refractivity contribution in [2.75, 3.05) is 5.75 Å². The Hall–Kier alpha value is -1.50. The number of rotatable bonds is 4. The van der Waals surface area contributed by atoms with Gasteiger partial charge in [0.05, 0.1) is 5.41 Å². The molecule has 6 nitrogen and oxygen atoms in total. The van der Waals surface area contributed by atoms with E-state index in [1.54, 1.807) is 0 Å². The Kier molecular flexibility index (Phi) is 3.58. The lowest BCUT2D eigenvalue weighted by Gasteiger charge is -2.26. The zero-order valence-electron chi connectivity index (χ0n) is 8.21. The van der Waals surface area contributed by atoms with Crippen LogP contribution in [0, 0.1) is 5.41 Å². The molecule has 2 N–H and O–H groups in total. The monoisotopic (exact) mass is 246 g/mol. The lowest BCUT2D eigenvalue weighted by Crippen LogP contribution is -2.36. The molecule has 0 aromatic rings. The number of hydrogen-bond donors (Lipinski definition) is 2. The van der Waals surface area contributed by atoms with E-state index in [2.05, 4.69) is 0 Å². The van der Waals surface area contributed by atoms with Crippen molar-refractivity contribution in [2.24, 2.45) is 5.41 Å². The summed E-state index contributed by atoms with van der Waals surface area (Å²) in [5.74, 6) is -3.95. The topological polar surface area (TPSA) is 109 Å². The average molecular weight is 246 g/mol. The number of carbonyl (C=O) groups excluding carboxylic acids is 1. The second-order valence-electron chi connectivity index (χ2n) is 3.50. The zero-order valence-corrected chi connectivity index (χ0v) is 9.03. The third-order valence-corrected chi connectivity index (χ3v) is 3.47. The van der Waals surface area contributed by atoms with Gasteiger partial charge in [-0.2, -0.15) is 0 Å². The van der Waals surface area contributed by atoms with Crippen LogP contribution < -0.4 is 0 Å². The molecule has 2 unspecified atom stereocenters. The maximum absolute atomic E-state index is 11.0. The van der Waals surface area contributed by atoms with Gasteiger partial charge in [-0.05, 0) is 11.8 Å². The third kappa shape index (κ3) is 2.54. The molecule has 0 amide bonds. The summed E-state index contributed by atoms with van der Waals surface area (Å²) in [6.07, 6.45) is 0.561. The molecule has 7 heteroatoms. The predicted octanol–water partition coefficient (Wildman–Crippen LogP) is -0.233. The van der Waals surface area contributed by atoms with Gasteiger partial charge < -0.3 is 10.2 Å². The smallest absolute Gasteiger partial charge is 0.372 e. The van der Waals surface area contributed by atoms with E-state index in [4.69, 9.17) is 10.2 Å². The quantitative estimate of drug-likeness (QED) is 0.663. The molecular weight excluding hydrogens is 236 g/mol. The number of aliphatic carboxylic acids is 2. The Morgan fingerprint density at radius 2 is 1.94 bits per heavy atom. The molecule has 1 aliphatic heterocycles. The number of ketones is 1. The standard InChI is InChI=1S/C9H10O6S/c10-6(7(11)12)5-9(8(13)14)1-3-16(15)4-2-9/h1,3H,2,4-5H2,(H,11,12)(H,13,14). The van der Waals surface area contributed by atoms with Gasteiger partial charge in [-0.15, -0.1) is 0 Å². The summed E-state index contributed by atoms with van der Waals surface area (Å²) in [5.41, 5.74) is -1.52. The first-order valence-electron chi connectivity index (χ1n) is 4.43. The third-order valence-electron chi connectivity index (χ3n) is 2.43. The Morgan fingerprint density at radius 1 is 1.31 bits per heavy atom. The largest absolute Gasteiger partial charge is 0.481 e. The fraction of sp³-hybridized carbons (Fsp3) is 0.444. The fourth-order valence-electron chi connectivity index (χ4n) is 1.40. The maximum atomic E-state index is 11.0. The minimum absolute atomic E-state index is 0.00443. The first-order chi connectivity index (χ1) is 7.37. The van der Waals surface area contributed by atoms with Gasteiger partial charge in [-0.3, -0.25) is 13.8 Å². The maximum Gasteiger partial charge on any atom is 0.372 e. The number of carboxylic acids is 2. The summed E-state index contributed by atoms with van der Waals surface area (Å²) in [5, 5.41) is 18.6. The van der Waals surface area contributed by atoms with Crippen molar-refractivity contribution < 1.29 is 28.8 Å². The van der Waals surface area contributed by atoms with E-state index in [0.717, 1.165) is 6.08 Å². The van der Waals surface area contributed by atoms with Crippen LogP contribution in [0.1, 0.15) is 12.8 Å². The molecule has 88 valence electrons. The van der Waals surface area contributed by atoms with E-state index in [0.29, 0.717) is 0 Å². The van der Waals surface area contributed by atoms with E-state index in [1.165, 1.54) is 5.41 Å². The van der Waals surface area contributed by atoms with Gasteiger partial charge >= 0.3 is 11.9 Å². The van der Waals surface area contributed by atoms with Crippen LogP contribution >= 0.6 is 0 Å². The molecule has 0 spiro atoms. The molecule has 0 saturated carbocycles. The van der Waals surface area contributed by atoms with Crippen molar-refractivity contribution in [2.45, 2.75) is 12.8 Å². The van der Waals surface area contributed by atoms with Gasteiger partial charge in [0.2, 0.25) is 5.78 Å². The highest BCUT2D eigenvalue weighted by Gasteiger charge is 2.41. The van der Waals surface area contributed by atoms with Gasteiger partial charge in [0.25, 0.3) is 0 Å². The van der Waals surface area contributed by atoms with Crippen LogP contribution in [-0.2, 0) is 25.2 Å². The normalized spacial score (nSPS) is 28.6. The SMILES string of the molecule is O=C(O)C(=O)CC1(C(=O)O)C=CS(=O)CC1. The molecule has 0 aromatic heterocycles. The molecule has 1 rings (SSSR count). The molecule has 0 fully saturated rings. The summed E-state index contributed by atoms with van der Waals surface area (Å²) in [7, 11) is -1.23. The Bertz CT molecular complexity index is 399. The summed E-state index contributed by atoms with van der Waals surface area (Å²) in [6, 6.07) is 0. The molecule has 0 radical (unpaired) electrons. The van der Waals surface area contributed by atoms with Crippen molar-refractivity contribution in [1.82, 2.24) is 0 Å². The highest BCUT2D eigenvalue weighted by molar-refractivity contribution is 7.88. The lowest BCUT2D eigenvalue weighted by molar-refractivity contribution is -0.154. The van der Waals surface area contributed by atoms with E-state index in [9.17, 15) is 18.6 Å². The second kappa shape index (κ2) is 4.56. The van der Waals surface area contributed by atoms with Crippen LogP contribution in [0.5, 0.6) is 0 Å². The molecule has 1 aliphatic rings. The summed E-state index contributed by atoms with van der Waals surface area (Å²) in [6.45, 7) is 0. The highest BCUT2D eigenvalue weighted by atomic mass is 32.2. The zero-order chi connectivity index (χ0) is 12.3. The first-order valence-corrected chi connectivity index (χ1v) is 5.82. The molecule has 0 bridgehead atoms. The van der Waals surface area contributed by atoms with E-state index in [-0.39, 0.29) is 12.2 Å². The number of carboxylic acid groups (broad SMARTS) is 2. The van der Waals surface area contributed by atoms with Crippen LogP contribution in [0.15, 0.2) is 11.5 Å². The fourth-order valence-corrected chi connectivity index (χ4v) is 2.52. The molecular formula is C9H10O6S. The van der Waals surface area contributed by atoms with Crippen LogP contribution in [-0.4, -0.2) is 37.9 Å². The van der Waals surface area contributed by atoms with E-state index in [1.807, 2.05) is 0 Å². The van der Waals surface area contributed by atoms with Gasteiger partial charge in [0, 0.05) is 23.0 Å². The summed E-state index contributed by atoms with van der Waals surface area (Å²) >= 11 is 0. The second-order valence-corrected chi connectivity index (χ2v) is 4.95. The molecule has 1 heterocycles. The van der Waals surface area contributed by atoms with Crippen LogP contribution in [0.3, 0.4) is 0 Å². The Labute approximate surface area is 93.4 Å². The van der Waals surface area contributed by atoms with E-state index >= 15 is 0 Å². The first kappa shape index (κ1) is 12.6. The molecule has 16 heavy (non-hydrogen) atoms.